The Morgan fingerprint density at radius 1 is 1.26 bits per heavy atom. The maximum atomic E-state index is 5.41. The number of methoxy groups -OCH3 is 1. The van der Waals surface area contributed by atoms with Gasteiger partial charge in [0.1, 0.15) is 11.4 Å². The molecule has 0 aliphatic rings. The van der Waals surface area contributed by atoms with E-state index in [2.05, 4.69) is 24.3 Å². The van der Waals surface area contributed by atoms with E-state index in [4.69, 9.17) is 4.74 Å². The average Bonchev–Trinajstić information content (AvgIpc) is 2.71. The fourth-order valence-electron chi connectivity index (χ4n) is 2.22. The quantitative estimate of drug-likeness (QED) is 0.897. The number of para-hydroxylation sites is 2. The van der Waals surface area contributed by atoms with Crippen LogP contribution in [0.2, 0.25) is 0 Å². The predicted molar refractivity (Wildman–Crippen MR) is 77.0 cm³/mol. The van der Waals surface area contributed by atoms with Crippen molar-refractivity contribution in [3.63, 3.8) is 0 Å². The number of aryl methyl sites for hydroxylation is 1. The standard InChI is InChI=1S/C15H21N3O/c1-5-16-10-13-11(2)17-18(12(13)3)14-8-6-7-9-15(14)19-4/h6-9,16H,5,10H2,1-4H3. The van der Waals surface area contributed by atoms with Crippen LogP contribution in [0.15, 0.2) is 24.3 Å². The molecule has 0 bridgehead atoms. The minimum Gasteiger partial charge on any atom is -0.494 e. The summed E-state index contributed by atoms with van der Waals surface area (Å²) in [6.07, 6.45) is 0. The van der Waals surface area contributed by atoms with E-state index < -0.39 is 0 Å². The molecule has 19 heavy (non-hydrogen) atoms. The molecule has 4 nitrogen and oxygen atoms in total. The van der Waals surface area contributed by atoms with Crippen molar-refractivity contribution in [1.82, 2.24) is 15.1 Å². The first-order chi connectivity index (χ1) is 9.19. The Kier molecular flexibility index (Phi) is 4.22. The molecule has 2 rings (SSSR count). The van der Waals surface area contributed by atoms with Crippen molar-refractivity contribution in [2.24, 2.45) is 0 Å². The molecule has 1 aromatic heterocycles. The van der Waals surface area contributed by atoms with Gasteiger partial charge in [0, 0.05) is 17.8 Å². The van der Waals surface area contributed by atoms with E-state index in [0.29, 0.717) is 0 Å². The van der Waals surface area contributed by atoms with Gasteiger partial charge in [-0.2, -0.15) is 5.10 Å². The van der Waals surface area contributed by atoms with Crippen LogP contribution in [0.25, 0.3) is 5.69 Å². The lowest BCUT2D eigenvalue weighted by atomic mass is 10.2. The van der Waals surface area contributed by atoms with Crippen molar-refractivity contribution in [3.8, 4) is 11.4 Å². The molecule has 1 aromatic carbocycles. The lowest BCUT2D eigenvalue weighted by Crippen LogP contribution is -2.13. The Morgan fingerprint density at radius 3 is 2.68 bits per heavy atom. The number of benzene rings is 1. The summed E-state index contributed by atoms with van der Waals surface area (Å²) in [5.74, 6) is 0.836. The zero-order valence-corrected chi connectivity index (χ0v) is 12.0. The fourth-order valence-corrected chi connectivity index (χ4v) is 2.22. The maximum Gasteiger partial charge on any atom is 0.144 e. The number of rotatable bonds is 5. The molecular formula is C15H21N3O. The molecule has 0 saturated carbocycles. The van der Waals surface area contributed by atoms with Crippen LogP contribution >= 0.6 is 0 Å². The molecule has 0 amide bonds. The molecule has 102 valence electrons. The average molecular weight is 259 g/mol. The SMILES string of the molecule is CCNCc1c(C)nn(-c2ccccc2OC)c1C. The first-order valence-corrected chi connectivity index (χ1v) is 6.58. The number of ether oxygens (including phenoxy) is 1. The first-order valence-electron chi connectivity index (χ1n) is 6.58. The predicted octanol–water partition coefficient (Wildman–Crippen LogP) is 2.61. The lowest BCUT2D eigenvalue weighted by Gasteiger charge is -2.10. The molecule has 2 aromatic rings. The molecule has 0 fully saturated rings. The van der Waals surface area contributed by atoms with Crippen molar-refractivity contribution in [2.75, 3.05) is 13.7 Å². The van der Waals surface area contributed by atoms with Crippen molar-refractivity contribution < 1.29 is 4.74 Å². The summed E-state index contributed by atoms with van der Waals surface area (Å²) in [4.78, 5) is 0. The van der Waals surface area contributed by atoms with E-state index in [9.17, 15) is 0 Å². The Hall–Kier alpha value is -1.81. The van der Waals surface area contributed by atoms with E-state index in [0.717, 1.165) is 35.9 Å². The van der Waals surface area contributed by atoms with E-state index in [1.165, 1.54) is 5.56 Å². The number of hydrogen-bond acceptors (Lipinski definition) is 3. The van der Waals surface area contributed by atoms with Gasteiger partial charge in [-0.25, -0.2) is 4.68 Å². The second-order valence-corrected chi connectivity index (χ2v) is 4.51. The Morgan fingerprint density at radius 2 is 2.00 bits per heavy atom. The van der Waals surface area contributed by atoms with E-state index in [1.807, 2.05) is 35.9 Å². The summed E-state index contributed by atoms with van der Waals surface area (Å²) in [6, 6.07) is 7.94. The topological polar surface area (TPSA) is 39.1 Å². The van der Waals surface area contributed by atoms with Crippen LogP contribution in [0.4, 0.5) is 0 Å². The lowest BCUT2D eigenvalue weighted by molar-refractivity contribution is 0.411. The molecule has 0 saturated heterocycles. The molecule has 0 radical (unpaired) electrons. The highest BCUT2D eigenvalue weighted by atomic mass is 16.5. The molecule has 0 aliphatic heterocycles. The Balaban J connectivity index is 2.45. The van der Waals surface area contributed by atoms with Crippen LogP contribution in [0.3, 0.4) is 0 Å². The van der Waals surface area contributed by atoms with Gasteiger partial charge in [0.15, 0.2) is 0 Å². The van der Waals surface area contributed by atoms with Gasteiger partial charge < -0.3 is 10.1 Å². The first kappa shape index (κ1) is 13.6. The van der Waals surface area contributed by atoms with Gasteiger partial charge in [-0.3, -0.25) is 0 Å². The van der Waals surface area contributed by atoms with Crippen molar-refractivity contribution >= 4 is 0 Å². The zero-order chi connectivity index (χ0) is 13.8. The molecule has 0 aliphatic carbocycles. The summed E-state index contributed by atoms with van der Waals surface area (Å²) in [6.45, 7) is 8.06. The van der Waals surface area contributed by atoms with Gasteiger partial charge in [0.05, 0.1) is 12.8 Å². The smallest absolute Gasteiger partial charge is 0.144 e. The molecule has 4 heteroatoms. The van der Waals surface area contributed by atoms with Gasteiger partial charge in [0.2, 0.25) is 0 Å². The zero-order valence-electron chi connectivity index (χ0n) is 12.0. The van der Waals surface area contributed by atoms with E-state index in [1.54, 1.807) is 7.11 Å². The van der Waals surface area contributed by atoms with Gasteiger partial charge in [-0.1, -0.05) is 19.1 Å². The molecule has 0 atom stereocenters. The maximum absolute atomic E-state index is 5.41. The van der Waals surface area contributed by atoms with E-state index in [-0.39, 0.29) is 0 Å². The third kappa shape index (κ3) is 2.63. The highest BCUT2D eigenvalue weighted by molar-refractivity contribution is 5.48. The fraction of sp³-hybridized carbons (Fsp3) is 0.400. The normalized spacial score (nSPS) is 10.7. The largest absolute Gasteiger partial charge is 0.494 e. The van der Waals surface area contributed by atoms with Crippen LogP contribution in [-0.2, 0) is 6.54 Å². The van der Waals surface area contributed by atoms with Gasteiger partial charge >= 0.3 is 0 Å². The number of nitrogens with one attached hydrogen (secondary N) is 1. The summed E-state index contributed by atoms with van der Waals surface area (Å²) < 4.78 is 7.37. The van der Waals surface area contributed by atoms with E-state index >= 15 is 0 Å². The molecular weight excluding hydrogens is 238 g/mol. The Labute approximate surface area is 114 Å². The highest BCUT2D eigenvalue weighted by Crippen LogP contribution is 2.25. The monoisotopic (exact) mass is 259 g/mol. The minimum atomic E-state index is 0.836. The van der Waals surface area contributed by atoms with Gasteiger partial charge in [0.25, 0.3) is 0 Å². The molecule has 0 unspecified atom stereocenters. The number of nitrogens with zero attached hydrogens (tertiary/aromatic N) is 2. The highest BCUT2D eigenvalue weighted by Gasteiger charge is 2.14. The molecule has 1 heterocycles. The summed E-state index contributed by atoms with van der Waals surface area (Å²) >= 11 is 0. The van der Waals surface area contributed by atoms with Crippen LogP contribution in [0.5, 0.6) is 5.75 Å². The second kappa shape index (κ2) is 5.89. The van der Waals surface area contributed by atoms with Crippen molar-refractivity contribution in [3.05, 3.63) is 41.2 Å². The summed E-state index contributed by atoms with van der Waals surface area (Å²) in [5.41, 5.74) is 4.45. The minimum absolute atomic E-state index is 0.836. The summed E-state index contributed by atoms with van der Waals surface area (Å²) in [5, 5.41) is 7.99. The number of aromatic nitrogens is 2. The van der Waals surface area contributed by atoms with Crippen molar-refractivity contribution in [1.29, 1.82) is 0 Å². The third-order valence-electron chi connectivity index (χ3n) is 3.31. The van der Waals surface area contributed by atoms with Gasteiger partial charge in [-0.15, -0.1) is 0 Å². The van der Waals surface area contributed by atoms with Gasteiger partial charge in [-0.05, 0) is 32.5 Å². The third-order valence-corrected chi connectivity index (χ3v) is 3.31. The Bertz CT molecular complexity index is 561. The number of hydrogen-bond donors (Lipinski definition) is 1. The van der Waals surface area contributed by atoms with Crippen LogP contribution in [0.1, 0.15) is 23.9 Å². The summed E-state index contributed by atoms with van der Waals surface area (Å²) in [7, 11) is 1.68. The van der Waals surface area contributed by atoms with Crippen LogP contribution in [-0.4, -0.2) is 23.4 Å². The van der Waals surface area contributed by atoms with Crippen LogP contribution < -0.4 is 10.1 Å². The van der Waals surface area contributed by atoms with Crippen molar-refractivity contribution in [2.45, 2.75) is 27.3 Å². The second-order valence-electron chi connectivity index (χ2n) is 4.51. The molecule has 1 N–H and O–H groups in total. The van der Waals surface area contributed by atoms with Crippen LogP contribution in [0, 0.1) is 13.8 Å². The molecule has 0 spiro atoms.